The molecule has 1 unspecified atom stereocenters. The van der Waals surface area contributed by atoms with Crippen molar-refractivity contribution < 1.29 is 30.9 Å². The molecule has 3 nitrogen and oxygen atoms in total. The summed E-state index contributed by atoms with van der Waals surface area (Å²) in [6.45, 7) is 5.78. The summed E-state index contributed by atoms with van der Waals surface area (Å²) in [5.41, 5.74) is -0.536. The third-order valence-electron chi connectivity index (χ3n) is 3.36. The van der Waals surface area contributed by atoms with Crippen LogP contribution in [0.25, 0.3) is 11.0 Å². The molecule has 1 heterocycles. The molecule has 2 rings (SSSR count). The van der Waals surface area contributed by atoms with Gasteiger partial charge in [0.25, 0.3) is 0 Å². The van der Waals surface area contributed by atoms with Gasteiger partial charge in [0.2, 0.25) is 6.04 Å². The summed E-state index contributed by atoms with van der Waals surface area (Å²) in [5.74, 6) is -2.66. The van der Waals surface area contributed by atoms with Gasteiger partial charge >= 0.3 is 6.18 Å². The van der Waals surface area contributed by atoms with Crippen molar-refractivity contribution in [3.63, 3.8) is 0 Å². The molecule has 2 atom stereocenters. The second-order valence-electron chi connectivity index (χ2n) is 6.33. The Kier molecular flexibility index (Phi) is 4.91. The van der Waals surface area contributed by atoms with Gasteiger partial charge in [0.1, 0.15) is 16.3 Å². The lowest BCUT2D eigenvalue weighted by molar-refractivity contribution is -0.156. The van der Waals surface area contributed by atoms with E-state index in [4.69, 9.17) is 4.42 Å². The first-order chi connectivity index (χ1) is 10.8. The van der Waals surface area contributed by atoms with Crippen molar-refractivity contribution in [1.82, 2.24) is 4.72 Å². The van der Waals surface area contributed by atoms with Crippen molar-refractivity contribution in [2.75, 3.05) is 0 Å². The number of benzene rings is 1. The molecule has 0 aliphatic rings. The number of hydrogen-bond acceptors (Lipinski definition) is 3. The molecule has 0 bridgehead atoms. The lowest BCUT2D eigenvalue weighted by Crippen LogP contribution is -2.45. The summed E-state index contributed by atoms with van der Waals surface area (Å²) < 4.78 is 85.5. The highest BCUT2D eigenvalue weighted by atomic mass is 32.2. The molecule has 1 aromatic heterocycles. The molecule has 0 fully saturated rings. The molecule has 0 radical (unpaired) electrons. The minimum atomic E-state index is -4.84. The molecule has 0 saturated carbocycles. The molecular formula is C15H16F5NO2S. The zero-order valence-corrected chi connectivity index (χ0v) is 14.2. The average molecular weight is 369 g/mol. The lowest BCUT2D eigenvalue weighted by Gasteiger charge is -2.28. The second-order valence-corrected chi connectivity index (χ2v) is 8.33. The molecule has 24 heavy (non-hydrogen) atoms. The molecule has 1 N–H and O–H groups in total. The Morgan fingerprint density at radius 2 is 1.75 bits per heavy atom. The van der Waals surface area contributed by atoms with E-state index in [0.29, 0.717) is 6.07 Å². The predicted octanol–water partition coefficient (Wildman–Crippen LogP) is 4.67. The van der Waals surface area contributed by atoms with Crippen molar-refractivity contribution in [1.29, 1.82) is 0 Å². The molecule has 134 valence electrons. The minimum absolute atomic E-state index is 0.0656. The zero-order chi connectivity index (χ0) is 18.4. The molecule has 0 aliphatic carbocycles. The van der Waals surface area contributed by atoms with Crippen LogP contribution in [-0.4, -0.2) is 15.5 Å². The van der Waals surface area contributed by atoms with E-state index in [-0.39, 0.29) is 10.9 Å². The van der Waals surface area contributed by atoms with Crippen LogP contribution >= 0.6 is 0 Å². The van der Waals surface area contributed by atoms with Gasteiger partial charge in [-0.25, -0.2) is 8.78 Å². The van der Waals surface area contributed by atoms with Crippen molar-refractivity contribution >= 4 is 22.3 Å². The third kappa shape index (κ3) is 3.68. The summed E-state index contributed by atoms with van der Waals surface area (Å²) in [4.78, 5) is 0. The number of hydrogen-bond donors (Lipinski definition) is 1. The largest absolute Gasteiger partial charge is 0.598 e. The van der Waals surface area contributed by atoms with Gasteiger partial charge in [-0.15, -0.1) is 4.72 Å². The summed E-state index contributed by atoms with van der Waals surface area (Å²) in [6, 6.07) is -0.986. The Hall–Kier alpha value is -1.32. The normalized spacial score (nSPS) is 15.8. The highest BCUT2D eigenvalue weighted by Crippen LogP contribution is 2.40. The van der Waals surface area contributed by atoms with Crippen LogP contribution in [0.15, 0.2) is 16.5 Å². The molecule has 0 spiro atoms. The Morgan fingerprint density at radius 1 is 1.17 bits per heavy atom. The zero-order valence-electron chi connectivity index (χ0n) is 13.3. The van der Waals surface area contributed by atoms with E-state index in [2.05, 4.69) is 0 Å². The number of fused-ring (bicyclic) bond motifs is 1. The highest BCUT2D eigenvalue weighted by Gasteiger charge is 2.48. The van der Waals surface area contributed by atoms with Crippen LogP contribution in [0.2, 0.25) is 0 Å². The van der Waals surface area contributed by atoms with Crippen LogP contribution in [0.5, 0.6) is 0 Å². The maximum Gasteiger partial charge on any atom is 0.415 e. The second kappa shape index (κ2) is 6.20. The van der Waals surface area contributed by atoms with E-state index >= 15 is 0 Å². The first kappa shape index (κ1) is 19.0. The summed E-state index contributed by atoms with van der Waals surface area (Å²) >= 11 is -2.05. The first-order valence-corrected chi connectivity index (χ1v) is 8.10. The Bertz CT molecular complexity index is 751. The number of halogens is 5. The van der Waals surface area contributed by atoms with Gasteiger partial charge in [-0.1, -0.05) is 0 Å². The van der Waals surface area contributed by atoms with Gasteiger partial charge < -0.3 is 8.97 Å². The fourth-order valence-corrected chi connectivity index (χ4v) is 2.90. The number of furan rings is 1. The smallest absolute Gasteiger partial charge is 0.415 e. The predicted molar refractivity (Wildman–Crippen MR) is 80.7 cm³/mol. The Morgan fingerprint density at radius 3 is 2.25 bits per heavy atom. The van der Waals surface area contributed by atoms with Gasteiger partial charge in [0.05, 0.1) is 0 Å². The van der Waals surface area contributed by atoms with Crippen LogP contribution in [0.4, 0.5) is 22.0 Å². The van der Waals surface area contributed by atoms with Crippen LogP contribution in [0.3, 0.4) is 0 Å². The maximum atomic E-state index is 13.8. The van der Waals surface area contributed by atoms with Crippen molar-refractivity contribution in [3.8, 4) is 0 Å². The lowest BCUT2D eigenvalue weighted by atomic mass is 10.1. The summed E-state index contributed by atoms with van der Waals surface area (Å²) in [7, 11) is 0. The molecule has 1 aromatic carbocycles. The SMILES string of the molecule is Cc1c([C@@H](N[S+]([O-])C(C)(C)C)C(F)(F)F)oc2c(F)cc(F)cc12. The van der Waals surface area contributed by atoms with Gasteiger partial charge in [-0.3, -0.25) is 0 Å². The minimum Gasteiger partial charge on any atom is -0.598 e. The molecule has 0 aliphatic heterocycles. The van der Waals surface area contributed by atoms with Gasteiger partial charge in [-0.2, -0.15) is 13.2 Å². The number of alkyl halides is 3. The van der Waals surface area contributed by atoms with Crippen molar-refractivity contribution in [3.05, 3.63) is 35.1 Å². The molecule has 0 saturated heterocycles. The number of rotatable bonds is 3. The fourth-order valence-electron chi connectivity index (χ4n) is 2.09. The van der Waals surface area contributed by atoms with Gasteiger partial charge in [0.15, 0.2) is 11.4 Å². The molecule has 2 aromatic rings. The first-order valence-electron chi connectivity index (χ1n) is 6.95. The monoisotopic (exact) mass is 369 g/mol. The van der Waals surface area contributed by atoms with E-state index in [0.717, 1.165) is 6.07 Å². The van der Waals surface area contributed by atoms with Crippen LogP contribution in [0, 0.1) is 18.6 Å². The van der Waals surface area contributed by atoms with Crippen LogP contribution in [-0.2, 0) is 11.4 Å². The van der Waals surface area contributed by atoms with Crippen LogP contribution < -0.4 is 4.72 Å². The fraction of sp³-hybridized carbons (Fsp3) is 0.467. The van der Waals surface area contributed by atoms with Crippen LogP contribution in [0.1, 0.15) is 38.1 Å². The maximum absolute atomic E-state index is 13.8. The average Bonchev–Trinajstić information content (AvgIpc) is 2.71. The standard InChI is InChI=1S/C15H16F5NO2S/c1-7-9-5-8(16)6-10(17)12(9)23-11(7)13(15(18,19)20)21-24(22)14(2,3)4/h5-6,13,21H,1-4H3/t13-,24?/m1/s1. The number of aryl methyl sites for hydroxylation is 1. The van der Waals surface area contributed by atoms with E-state index in [1.807, 2.05) is 4.72 Å². The third-order valence-corrected chi connectivity index (χ3v) is 4.93. The van der Waals surface area contributed by atoms with Crippen molar-refractivity contribution in [2.24, 2.45) is 0 Å². The molecule has 0 amide bonds. The molecule has 9 heteroatoms. The van der Waals surface area contributed by atoms with Crippen molar-refractivity contribution in [2.45, 2.75) is 44.7 Å². The Balaban J connectivity index is 2.57. The summed E-state index contributed by atoms with van der Waals surface area (Å²) in [6.07, 6.45) is -4.84. The van der Waals surface area contributed by atoms with E-state index in [9.17, 15) is 26.5 Å². The van der Waals surface area contributed by atoms with Gasteiger partial charge in [0, 0.05) is 28.4 Å². The molecular weight excluding hydrogens is 353 g/mol. The van der Waals surface area contributed by atoms with E-state index in [1.54, 1.807) is 0 Å². The quantitative estimate of drug-likeness (QED) is 0.632. The number of nitrogens with one attached hydrogen (secondary N) is 1. The van der Waals surface area contributed by atoms with E-state index < -0.39 is 51.3 Å². The summed E-state index contributed by atoms with van der Waals surface area (Å²) in [5, 5.41) is -0.0971. The highest BCUT2D eigenvalue weighted by molar-refractivity contribution is 7.90. The van der Waals surface area contributed by atoms with Gasteiger partial charge in [-0.05, 0) is 33.8 Å². The Labute approximate surface area is 138 Å². The topological polar surface area (TPSA) is 48.2 Å². The van der Waals surface area contributed by atoms with E-state index in [1.165, 1.54) is 27.7 Å².